The summed E-state index contributed by atoms with van der Waals surface area (Å²) in [6.45, 7) is 6.23. The number of rotatable bonds is 5. The third-order valence-electron chi connectivity index (χ3n) is 2.76. The van der Waals surface area contributed by atoms with E-state index in [1.165, 1.54) is 6.33 Å². The first-order valence-corrected chi connectivity index (χ1v) is 6.00. The van der Waals surface area contributed by atoms with Crippen molar-refractivity contribution in [3.05, 3.63) is 17.7 Å². The van der Waals surface area contributed by atoms with Crippen LogP contribution < -0.4 is 5.32 Å². The van der Waals surface area contributed by atoms with Gasteiger partial charge in [-0.25, -0.2) is 4.98 Å². The molecule has 1 N–H and O–H groups in total. The lowest BCUT2D eigenvalue weighted by atomic mass is 9.98. The molecule has 1 unspecified atom stereocenters. The van der Waals surface area contributed by atoms with Gasteiger partial charge in [0, 0.05) is 12.6 Å². The van der Waals surface area contributed by atoms with Gasteiger partial charge in [-0.1, -0.05) is 0 Å². The molecular weight excluding hydrogens is 240 g/mol. The van der Waals surface area contributed by atoms with E-state index in [1.54, 1.807) is 4.57 Å². The Labute approximate surface area is 112 Å². The smallest absolute Gasteiger partial charge is 0.176 e. The van der Waals surface area contributed by atoms with Crippen LogP contribution in [-0.4, -0.2) is 21.1 Å². The van der Waals surface area contributed by atoms with E-state index in [1.807, 2.05) is 32.9 Å². The average molecular weight is 256 g/mol. The zero-order valence-corrected chi connectivity index (χ0v) is 11.3. The molecule has 6 nitrogen and oxygen atoms in total. The number of aromatic nitrogens is 2. The van der Waals surface area contributed by atoms with Gasteiger partial charge in [0.1, 0.15) is 17.7 Å². The molecule has 0 radical (unpaired) electrons. The number of nitriles is 3. The van der Waals surface area contributed by atoms with Gasteiger partial charge in [-0.15, -0.1) is 0 Å². The largest absolute Gasteiger partial charge is 0.321 e. The number of hydrogen-bond acceptors (Lipinski definition) is 5. The molecule has 98 valence electrons. The van der Waals surface area contributed by atoms with E-state index in [9.17, 15) is 5.26 Å². The maximum absolute atomic E-state index is 9.24. The van der Waals surface area contributed by atoms with E-state index in [0.717, 1.165) is 0 Å². The van der Waals surface area contributed by atoms with E-state index in [-0.39, 0.29) is 17.4 Å². The zero-order chi connectivity index (χ0) is 14.5. The third-order valence-corrected chi connectivity index (χ3v) is 2.76. The Kier molecular flexibility index (Phi) is 4.64. The van der Waals surface area contributed by atoms with Crippen LogP contribution in [0.5, 0.6) is 0 Å². The number of nitrogens with zero attached hydrogens (tertiary/aromatic N) is 5. The molecule has 0 aliphatic heterocycles. The highest BCUT2D eigenvalue weighted by atomic mass is 15.1. The molecule has 1 rings (SSSR count). The fraction of sp³-hybridized carbons (Fsp3) is 0.538. The van der Waals surface area contributed by atoms with Gasteiger partial charge in [-0.2, -0.15) is 15.8 Å². The molecule has 0 spiro atoms. The molecule has 0 aromatic carbocycles. The maximum atomic E-state index is 9.24. The van der Waals surface area contributed by atoms with Crippen LogP contribution in [0, 0.1) is 34.0 Å². The molecule has 0 saturated carbocycles. The summed E-state index contributed by atoms with van der Waals surface area (Å²) in [5, 5.41) is 30.3. The van der Waals surface area contributed by atoms with Crippen molar-refractivity contribution in [1.82, 2.24) is 14.9 Å². The predicted molar refractivity (Wildman–Crippen MR) is 68.6 cm³/mol. The van der Waals surface area contributed by atoms with Crippen molar-refractivity contribution in [2.75, 3.05) is 0 Å². The second-order valence-corrected chi connectivity index (χ2v) is 4.85. The molecule has 1 aromatic heterocycles. The summed E-state index contributed by atoms with van der Waals surface area (Å²) >= 11 is 0. The van der Waals surface area contributed by atoms with Gasteiger partial charge in [-0.05, 0) is 27.2 Å². The summed E-state index contributed by atoms with van der Waals surface area (Å²) in [5.41, 5.74) is -0.303. The van der Waals surface area contributed by atoms with E-state index in [2.05, 4.69) is 16.4 Å². The van der Waals surface area contributed by atoms with Crippen LogP contribution in [0.2, 0.25) is 0 Å². The minimum atomic E-state index is -0.669. The van der Waals surface area contributed by atoms with Crippen LogP contribution in [0.4, 0.5) is 0 Å². The molecule has 1 atom stereocenters. The summed E-state index contributed by atoms with van der Waals surface area (Å²) in [5.74, 6) is 0. The maximum Gasteiger partial charge on any atom is 0.176 e. The number of hydrogen-bond donors (Lipinski definition) is 1. The summed E-state index contributed by atoms with van der Waals surface area (Å²) in [6, 6.07) is 6.28. The first kappa shape index (κ1) is 14.7. The fourth-order valence-corrected chi connectivity index (χ4v) is 1.89. The highest BCUT2D eigenvalue weighted by Crippen LogP contribution is 2.13. The summed E-state index contributed by atoms with van der Waals surface area (Å²) in [7, 11) is 0. The molecule has 19 heavy (non-hydrogen) atoms. The highest BCUT2D eigenvalue weighted by molar-refractivity contribution is 5.36. The Morgan fingerprint density at radius 3 is 2.53 bits per heavy atom. The molecule has 0 aliphatic carbocycles. The van der Waals surface area contributed by atoms with E-state index >= 15 is 0 Å². The Bertz CT molecular complexity index is 565. The number of imidazole rings is 1. The van der Waals surface area contributed by atoms with Crippen molar-refractivity contribution in [2.45, 2.75) is 45.3 Å². The van der Waals surface area contributed by atoms with Crippen LogP contribution >= 0.6 is 0 Å². The monoisotopic (exact) mass is 256 g/mol. The van der Waals surface area contributed by atoms with Crippen LogP contribution in [0.25, 0.3) is 0 Å². The van der Waals surface area contributed by atoms with Gasteiger partial charge >= 0.3 is 0 Å². The summed E-state index contributed by atoms with van der Waals surface area (Å²) in [6.07, 6.45) is 1.99. The van der Waals surface area contributed by atoms with Crippen LogP contribution in [0.15, 0.2) is 6.33 Å². The minimum Gasteiger partial charge on any atom is -0.321 e. The lowest BCUT2D eigenvalue weighted by Crippen LogP contribution is -2.45. The van der Waals surface area contributed by atoms with Crippen molar-refractivity contribution in [3.8, 4) is 18.2 Å². The number of aryl methyl sites for hydroxylation is 1. The van der Waals surface area contributed by atoms with Gasteiger partial charge < -0.3 is 4.57 Å². The number of nitrogens with one attached hydrogen (secondary N) is 1. The van der Waals surface area contributed by atoms with E-state index in [4.69, 9.17) is 10.5 Å². The van der Waals surface area contributed by atoms with Crippen molar-refractivity contribution in [3.63, 3.8) is 0 Å². The zero-order valence-electron chi connectivity index (χ0n) is 11.3. The summed E-state index contributed by atoms with van der Waals surface area (Å²) in [4.78, 5) is 3.87. The van der Waals surface area contributed by atoms with Gasteiger partial charge in [0.25, 0.3) is 0 Å². The molecule has 0 aliphatic rings. The Hall–Kier alpha value is -2.36. The minimum absolute atomic E-state index is 0.123. The molecule has 1 aromatic rings. The normalized spacial score (nSPS) is 13.3. The van der Waals surface area contributed by atoms with Gasteiger partial charge in [0.05, 0.1) is 12.4 Å². The van der Waals surface area contributed by atoms with Crippen molar-refractivity contribution in [1.29, 1.82) is 15.8 Å². The SMILES string of the molecule is CC(C)NC(C)(C#N)CCn1cnc(C#N)c1C#N. The second-order valence-electron chi connectivity index (χ2n) is 4.85. The molecule has 0 bridgehead atoms. The van der Waals surface area contributed by atoms with Gasteiger partial charge in [-0.3, -0.25) is 5.32 Å². The lowest BCUT2D eigenvalue weighted by molar-refractivity contribution is 0.362. The van der Waals surface area contributed by atoms with Crippen molar-refractivity contribution >= 4 is 0 Å². The third kappa shape index (κ3) is 3.55. The van der Waals surface area contributed by atoms with Crippen molar-refractivity contribution in [2.24, 2.45) is 0 Å². The van der Waals surface area contributed by atoms with Crippen LogP contribution in [-0.2, 0) is 6.54 Å². The van der Waals surface area contributed by atoms with E-state index < -0.39 is 5.54 Å². The Morgan fingerprint density at radius 2 is 2.05 bits per heavy atom. The van der Waals surface area contributed by atoms with Crippen molar-refractivity contribution < 1.29 is 0 Å². The Morgan fingerprint density at radius 1 is 1.37 bits per heavy atom. The quantitative estimate of drug-likeness (QED) is 0.855. The first-order valence-electron chi connectivity index (χ1n) is 6.00. The molecule has 0 amide bonds. The molecule has 1 heterocycles. The molecule has 0 fully saturated rings. The molecule has 6 heteroatoms. The first-order chi connectivity index (χ1) is 8.95. The van der Waals surface area contributed by atoms with Crippen LogP contribution in [0.1, 0.15) is 38.6 Å². The summed E-state index contributed by atoms with van der Waals surface area (Å²) < 4.78 is 1.61. The Balaban J connectivity index is 2.83. The standard InChI is InChI=1S/C13H16N6/c1-10(2)18-13(3,8-16)4-5-19-9-17-11(6-14)12(19)7-15/h9-10,18H,4-5H2,1-3H3. The highest BCUT2D eigenvalue weighted by Gasteiger charge is 2.24. The lowest BCUT2D eigenvalue weighted by Gasteiger charge is -2.26. The second kappa shape index (κ2) is 6.00. The molecule has 0 saturated heterocycles. The van der Waals surface area contributed by atoms with Crippen LogP contribution in [0.3, 0.4) is 0 Å². The predicted octanol–water partition coefficient (Wildman–Crippen LogP) is 1.30. The average Bonchev–Trinajstić information content (AvgIpc) is 2.77. The van der Waals surface area contributed by atoms with E-state index in [0.29, 0.717) is 13.0 Å². The fourth-order valence-electron chi connectivity index (χ4n) is 1.89. The topological polar surface area (TPSA) is 101 Å². The van der Waals surface area contributed by atoms with Gasteiger partial charge in [0.2, 0.25) is 0 Å². The molecular formula is C13H16N6. The van der Waals surface area contributed by atoms with Gasteiger partial charge in [0.15, 0.2) is 11.4 Å².